The summed E-state index contributed by atoms with van der Waals surface area (Å²) >= 11 is 0. The van der Waals surface area contributed by atoms with Crippen molar-refractivity contribution >= 4 is 103 Å². The molecule has 0 fully saturated rings. The van der Waals surface area contributed by atoms with Crippen LogP contribution in [0.4, 0.5) is 0 Å². The average molecular weight is 997 g/mol. The first-order valence-corrected chi connectivity index (χ1v) is 17.0. The average Bonchev–Trinajstić information content (AvgIpc) is 3.13. The molecule has 0 aliphatic rings. The van der Waals surface area contributed by atoms with Gasteiger partial charge in [-0.15, -0.1) is 0 Å². The molecule has 0 radical (unpaired) electrons. The Hall–Kier alpha value is -2.25. The van der Waals surface area contributed by atoms with E-state index in [2.05, 4.69) is 0 Å². The second-order valence-electron chi connectivity index (χ2n) is 11.5. The van der Waals surface area contributed by atoms with Crippen LogP contribution in [0.25, 0.3) is 0 Å². The van der Waals surface area contributed by atoms with Crippen molar-refractivity contribution in [3.63, 3.8) is 0 Å². The van der Waals surface area contributed by atoms with Gasteiger partial charge in [0, 0.05) is 56.3 Å². The third-order valence-corrected chi connectivity index (χ3v) is 6.16. The zero-order chi connectivity index (χ0) is 48.7. The second kappa shape index (κ2) is 55.1. The van der Waals surface area contributed by atoms with Crippen LogP contribution in [0.5, 0.6) is 0 Å². The molecule has 30 nitrogen and oxygen atoms in total. The van der Waals surface area contributed by atoms with Gasteiger partial charge in [-0.05, 0) is 51.5 Å². The number of carbonyl (C=O) groups is 11. The second-order valence-corrected chi connectivity index (χ2v) is 11.5. The Bertz CT molecular complexity index is 1160. The molecule has 64 heavy (non-hydrogen) atoms. The van der Waals surface area contributed by atoms with Gasteiger partial charge in [0.2, 0.25) is 0 Å². The maximum Gasteiger partial charge on any atom is 2.00 e. The van der Waals surface area contributed by atoms with Crippen LogP contribution >= 0.6 is 0 Å². The largest absolute Gasteiger partial charge is 2.00 e. The van der Waals surface area contributed by atoms with Crippen molar-refractivity contribution in [1.29, 1.82) is 0 Å². The molecule has 0 aliphatic carbocycles. The Morgan fingerprint density at radius 2 is 0.547 bits per heavy atom. The number of carbonyl (C=O) groups excluding carboxylic acids is 4. The van der Waals surface area contributed by atoms with Gasteiger partial charge in [-0.25, -0.2) is 0 Å². The summed E-state index contributed by atoms with van der Waals surface area (Å²) in [6, 6.07) is -6.46. The maximum absolute atomic E-state index is 10.1. The van der Waals surface area contributed by atoms with Gasteiger partial charge in [-0.1, -0.05) is 6.42 Å². The quantitative estimate of drug-likeness (QED) is 0.0298. The van der Waals surface area contributed by atoms with Crippen LogP contribution in [0.3, 0.4) is 0 Å². The molecule has 24 N–H and O–H groups in total. The summed E-state index contributed by atoms with van der Waals surface area (Å²) in [7, 11) is 0. The number of carboxylic acids is 11. The Balaban J connectivity index is -0.0000000675. The molecule has 0 aliphatic heterocycles. The van der Waals surface area contributed by atoms with Crippen molar-refractivity contribution in [2.24, 2.45) is 40.1 Å². The van der Waals surface area contributed by atoms with E-state index in [1.54, 1.807) is 0 Å². The smallest absolute Gasteiger partial charge is 0.548 e. The van der Waals surface area contributed by atoms with E-state index in [0.29, 0.717) is 13.0 Å². The summed E-state index contributed by atoms with van der Waals surface area (Å²) in [6.07, 6.45) is 0.634. The fraction of sp³-hybridized carbons (Fsp3) is 0.645. The third-order valence-electron chi connectivity index (χ3n) is 6.16. The van der Waals surface area contributed by atoms with E-state index in [1.807, 2.05) is 0 Å². The van der Waals surface area contributed by atoms with Crippen molar-refractivity contribution in [3.05, 3.63) is 0 Å². The zero-order valence-corrected chi connectivity index (χ0v) is 42.9. The molecule has 0 spiro atoms. The van der Waals surface area contributed by atoms with Gasteiger partial charge in [0.15, 0.2) is 0 Å². The van der Waals surface area contributed by atoms with Gasteiger partial charge in [-0.2, -0.15) is 0 Å². The normalized spacial score (nSPS) is 11.8. The fourth-order valence-electron chi connectivity index (χ4n) is 2.62. The predicted octanol–water partition coefficient (Wildman–Crippen LogP) is -15.7. The minimum absolute atomic E-state index is 0. The fourth-order valence-corrected chi connectivity index (χ4v) is 2.62. The molecule has 0 rings (SSSR count). The van der Waals surface area contributed by atoms with Crippen LogP contribution in [0.15, 0.2) is 0 Å². The van der Waals surface area contributed by atoms with Gasteiger partial charge >= 0.3 is 160 Å². The Kier molecular flexibility index (Phi) is 73.2. The summed E-state index contributed by atoms with van der Waals surface area (Å²) in [6.45, 7) is 0.604. The first-order valence-electron chi connectivity index (χ1n) is 17.0. The van der Waals surface area contributed by atoms with Crippen LogP contribution in [0.1, 0.15) is 83.5 Å². The van der Waals surface area contributed by atoms with Crippen LogP contribution in [0, 0.1) is 0 Å². The summed E-state index contributed by atoms with van der Waals surface area (Å²) in [5.74, 6) is -13.0. The predicted molar refractivity (Wildman–Crippen MR) is 201 cm³/mol. The number of nitrogens with two attached hydrogens (primary N) is 7. The summed E-state index contributed by atoms with van der Waals surface area (Å²) < 4.78 is 0. The van der Waals surface area contributed by atoms with E-state index in [0.717, 1.165) is 12.8 Å². The number of unbranched alkanes of at least 4 members (excludes halogenated alkanes) is 1. The molecule has 0 aromatic rings. The van der Waals surface area contributed by atoms with E-state index in [1.165, 1.54) is 0 Å². The Morgan fingerprint density at radius 3 is 0.688 bits per heavy atom. The van der Waals surface area contributed by atoms with Gasteiger partial charge in [-0.3, -0.25) is 33.6 Å². The summed E-state index contributed by atoms with van der Waals surface area (Å²) in [4.78, 5) is 109. The van der Waals surface area contributed by atoms with Crippen molar-refractivity contribution in [2.45, 2.75) is 120 Å². The molecular weight excluding hydrogens is 939 g/mol. The van der Waals surface area contributed by atoms with Crippen LogP contribution in [0.2, 0.25) is 0 Å². The van der Waals surface area contributed by atoms with Crippen LogP contribution in [-0.4, -0.2) is 182 Å². The molecule has 0 heterocycles. The van der Waals surface area contributed by atoms with Gasteiger partial charge in [0.25, 0.3) is 0 Å². The van der Waals surface area contributed by atoms with E-state index in [-0.39, 0.29) is 189 Å². The van der Waals surface area contributed by atoms with Gasteiger partial charge in [0.05, 0.1) is 23.9 Å². The minimum Gasteiger partial charge on any atom is -0.548 e. The SMILES string of the molecule is N.NCCCC[C@H](N)C(=O)O.N[C@@H](CCC(=O)O)C(=O)O.N[C@@H](CCC(=O)O)C(=O)[O-].N[C@@H](CCC(=O)O)C(=O)[O-].N[C@@H](CCC(=O)O)C(=O)[O-].N[C@@H](CCC(=O)O)C(=O)[O-].[Ca+2].[K+].[Na+]. The van der Waals surface area contributed by atoms with Crippen molar-refractivity contribution in [2.75, 3.05) is 6.54 Å². The monoisotopic (exact) mass is 996 g/mol. The van der Waals surface area contributed by atoms with Crippen molar-refractivity contribution in [3.8, 4) is 0 Å². The molecule has 358 valence electrons. The van der Waals surface area contributed by atoms with Crippen molar-refractivity contribution < 1.29 is 190 Å². The summed E-state index contributed by atoms with van der Waals surface area (Å²) in [5, 5.41) is 96.4. The van der Waals surface area contributed by atoms with Crippen LogP contribution < -0.4 is 148 Å². The van der Waals surface area contributed by atoms with Gasteiger partial charge in [0.1, 0.15) is 12.1 Å². The first-order chi connectivity index (χ1) is 27.4. The molecule has 0 bridgehead atoms. The number of hydrogen-bond acceptors (Lipinski definition) is 23. The topological polar surface area (TPSA) is 639 Å². The molecule has 0 saturated heterocycles. The van der Waals surface area contributed by atoms with E-state index >= 15 is 0 Å². The molecule has 0 unspecified atom stereocenters. The number of rotatable bonds is 25. The first kappa shape index (κ1) is 85.1. The van der Waals surface area contributed by atoms with E-state index in [9.17, 15) is 73.2 Å². The Morgan fingerprint density at radius 1 is 0.375 bits per heavy atom. The number of aliphatic carboxylic acids is 11. The van der Waals surface area contributed by atoms with Crippen LogP contribution in [-0.2, 0) is 52.7 Å². The van der Waals surface area contributed by atoms with E-state index < -0.39 is 102 Å². The molecule has 0 aromatic heterocycles. The zero-order valence-electron chi connectivity index (χ0n) is 35.6. The molecule has 0 saturated carbocycles. The minimum atomic E-state index is -1.42. The van der Waals surface area contributed by atoms with Gasteiger partial charge < -0.3 is 122 Å². The molecule has 6 atom stereocenters. The molecule has 33 heteroatoms. The number of carboxylic acid groups (broad SMARTS) is 11. The maximum atomic E-state index is 10.1. The third kappa shape index (κ3) is 77.0. The molecule has 0 amide bonds. The standard InChI is InChI=1S/C6H14N2O2.5C5H9NO4.Ca.K.H3N.Na/c7-4-2-1-3-5(8)6(9)10;5*6-3(5(9)10)1-2-4(7)8;;;;/h5H,1-4,7-8H2,(H,9,10);5*3H,1-2,6H2,(H,7,8)(H,9,10);;;1H3;/q;;;;;;+2;+1;;+1/p-4/t5-;5*3-;;;;/m000000..../s1. The van der Waals surface area contributed by atoms with Crippen molar-refractivity contribution in [1.82, 2.24) is 6.15 Å². The Labute approximate surface area is 460 Å². The number of hydrogen-bond donors (Lipinski definition) is 15. The molecule has 0 aromatic carbocycles. The summed E-state index contributed by atoms with van der Waals surface area (Å²) in [5.41, 5.74) is 35.2. The molecular formula is C31H58CaKN8NaO22. The van der Waals surface area contributed by atoms with E-state index in [4.69, 9.17) is 75.9 Å².